The average Bonchev–Trinajstić information content (AvgIpc) is 3.25. The second-order valence-corrected chi connectivity index (χ2v) is 9.46. The number of nitrogens with zero attached hydrogens (tertiary/aromatic N) is 4. The van der Waals surface area contributed by atoms with Crippen LogP contribution in [-0.4, -0.2) is 71.5 Å². The van der Waals surface area contributed by atoms with Gasteiger partial charge in [0.25, 0.3) is 0 Å². The number of anilines is 1. The molecule has 2 aromatic heterocycles. The predicted octanol–water partition coefficient (Wildman–Crippen LogP) is 2.29. The fourth-order valence-electron chi connectivity index (χ4n) is 4.33. The molecule has 1 unspecified atom stereocenters. The van der Waals surface area contributed by atoms with Gasteiger partial charge in [-0.2, -0.15) is 0 Å². The number of carbonyl (C=O) groups excluding carboxylic acids is 1. The van der Waals surface area contributed by atoms with E-state index in [1.165, 1.54) is 16.0 Å². The zero-order chi connectivity index (χ0) is 21.2. The summed E-state index contributed by atoms with van der Waals surface area (Å²) < 4.78 is 0. The number of piperazine rings is 1. The summed E-state index contributed by atoms with van der Waals surface area (Å²) in [6.45, 7) is 4.33. The molecule has 1 saturated heterocycles. The Labute approximate surface area is 186 Å². The summed E-state index contributed by atoms with van der Waals surface area (Å²) in [6, 6.07) is 2.21. The van der Waals surface area contributed by atoms with Crippen molar-refractivity contribution >= 4 is 23.2 Å². The minimum absolute atomic E-state index is 0.0381. The Morgan fingerprint density at radius 3 is 3.00 bits per heavy atom. The van der Waals surface area contributed by atoms with Gasteiger partial charge in [-0.25, -0.2) is 9.97 Å². The standard InChI is InChI=1S/C23H28N6OS/c1-28-8-10-29(11-9-28)15-21(30)25-17-3-2-4-18(13-17)26-23-24-14-16-5-6-20-19(7-12-31-20)22(16)27-23/h2-3,7,12-14,18H,4-6,8-11,15H2,1H3,(H,25,30)(H,24,26,27). The Balaban J connectivity index is 1.21. The number of rotatable bonds is 5. The van der Waals surface area contributed by atoms with E-state index in [2.05, 4.69) is 56.1 Å². The molecule has 2 aliphatic carbocycles. The van der Waals surface area contributed by atoms with Crippen LogP contribution >= 0.6 is 11.3 Å². The highest BCUT2D eigenvalue weighted by molar-refractivity contribution is 7.10. The number of aromatic nitrogens is 2. The third kappa shape index (κ3) is 4.71. The lowest BCUT2D eigenvalue weighted by Crippen LogP contribution is -2.48. The second kappa shape index (κ2) is 8.90. The summed E-state index contributed by atoms with van der Waals surface area (Å²) in [5.41, 5.74) is 4.34. The molecule has 2 aromatic rings. The first-order valence-corrected chi connectivity index (χ1v) is 11.8. The minimum Gasteiger partial charge on any atom is -0.348 e. The van der Waals surface area contributed by atoms with Crippen LogP contribution in [0.3, 0.4) is 0 Å². The average molecular weight is 437 g/mol. The molecule has 31 heavy (non-hydrogen) atoms. The molecule has 3 heterocycles. The van der Waals surface area contributed by atoms with Gasteiger partial charge in [0.1, 0.15) is 0 Å². The largest absolute Gasteiger partial charge is 0.348 e. The van der Waals surface area contributed by atoms with Gasteiger partial charge in [0.05, 0.1) is 18.3 Å². The molecular formula is C23H28N6OS. The number of fused-ring (bicyclic) bond motifs is 3. The number of hydrogen-bond donors (Lipinski definition) is 2. The summed E-state index contributed by atoms with van der Waals surface area (Å²) in [7, 11) is 2.12. The van der Waals surface area contributed by atoms with Crippen molar-refractivity contribution in [1.82, 2.24) is 25.1 Å². The van der Waals surface area contributed by atoms with Crippen molar-refractivity contribution in [3.05, 3.63) is 52.0 Å². The van der Waals surface area contributed by atoms with Crippen molar-refractivity contribution in [2.45, 2.75) is 25.3 Å². The van der Waals surface area contributed by atoms with Crippen molar-refractivity contribution in [2.24, 2.45) is 0 Å². The van der Waals surface area contributed by atoms with Crippen molar-refractivity contribution in [2.75, 3.05) is 45.1 Å². The van der Waals surface area contributed by atoms with Crippen LogP contribution in [0.1, 0.15) is 16.9 Å². The van der Waals surface area contributed by atoms with Gasteiger partial charge in [-0.1, -0.05) is 6.08 Å². The fourth-order valence-corrected chi connectivity index (χ4v) is 5.21. The number of carbonyl (C=O) groups is 1. The quantitative estimate of drug-likeness (QED) is 0.749. The normalized spacial score (nSPS) is 21.2. The third-order valence-electron chi connectivity index (χ3n) is 6.12. The minimum atomic E-state index is 0.0381. The van der Waals surface area contributed by atoms with Gasteiger partial charge in [0, 0.05) is 48.5 Å². The summed E-state index contributed by atoms with van der Waals surface area (Å²) >= 11 is 1.80. The highest BCUT2D eigenvalue weighted by Gasteiger charge is 2.21. The Morgan fingerprint density at radius 1 is 1.26 bits per heavy atom. The lowest BCUT2D eigenvalue weighted by atomic mass is 9.96. The van der Waals surface area contributed by atoms with E-state index in [0.717, 1.165) is 56.8 Å². The summed E-state index contributed by atoms with van der Waals surface area (Å²) in [4.78, 5) is 27.8. The summed E-state index contributed by atoms with van der Waals surface area (Å²) in [5, 5.41) is 8.62. The van der Waals surface area contributed by atoms with Crippen LogP contribution < -0.4 is 10.6 Å². The lowest BCUT2D eigenvalue weighted by Gasteiger charge is -2.31. The van der Waals surface area contributed by atoms with Crippen molar-refractivity contribution < 1.29 is 4.79 Å². The monoisotopic (exact) mass is 436 g/mol. The molecule has 7 nitrogen and oxygen atoms in total. The molecule has 3 aliphatic rings. The van der Waals surface area contributed by atoms with Crippen molar-refractivity contribution in [3.63, 3.8) is 0 Å². The molecule has 8 heteroatoms. The topological polar surface area (TPSA) is 73.4 Å². The van der Waals surface area contributed by atoms with Crippen LogP contribution in [0.4, 0.5) is 5.95 Å². The third-order valence-corrected chi connectivity index (χ3v) is 7.10. The number of nitrogens with one attached hydrogen (secondary N) is 2. The first-order valence-electron chi connectivity index (χ1n) is 10.9. The van der Waals surface area contributed by atoms with Gasteiger partial charge in [0.2, 0.25) is 11.9 Å². The van der Waals surface area contributed by atoms with Gasteiger partial charge in [-0.05, 0) is 55.5 Å². The second-order valence-electron chi connectivity index (χ2n) is 8.46. The maximum absolute atomic E-state index is 12.5. The van der Waals surface area contributed by atoms with E-state index in [-0.39, 0.29) is 11.9 Å². The van der Waals surface area contributed by atoms with Gasteiger partial charge in [-0.15, -0.1) is 11.3 Å². The molecule has 1 amide bonds. The molecule has 1 atom stereocenters. The highest BCUT2D eigenvalue weighted by Crippen LogP contribution is 2.35. The Bertz CT molecular complexity index is 1020. The molecule has 0 bridgehead atoms. The van der Waals surface area contributed by atoms with Crippen LogP contribution in [-0.2, 0) is 17.6 Å². The number of amides is 1. The molecule has 5 rings (SSSR count). The number of thiophene rings is 1. The van der Waals surface area contributed by atoms with E-state index in [1.54, 1.807) is 11.3 Å². The fraction of sp³-hybridized carbons (Fsp3) is 0.435. The zero-order valence-electron chi connectivity index (χ0n) is 17.8. The van der Waals surface area contributed by atoms with E-state index in [9.17, 15) is 4.79 Å². The molecule has 2 N–H and O–H groups in total. The van der Waals surface area contributed by atoms with Gasteiger partial charge >= 0.3 is 0 Å². The van der Waals surface area contributed by atoms with Crippen LogP contribution in [0.25, 0.3) is 11.3 Å². The predicted molar refractivity (Wildman–Crippen MR) is 124 cm³/mol. The van der Waals surface area contributed by atoms with Gasteiger partial charge in [-0.3, -0.25) is 9.69 Å². The lowest BCUT2D eigenvalue weighted by molar-refractivity contribution is -0.121. The smallest absolute Gasteiger partial charge is 0.238 e. The highest BCUT2D eigenvalue weighted by atomic mass is 32.1. The molecular weight excluding hydrogens is 408 g/mol. The molecule has 0 saturated carbocycles. The van der Waals surface area contributed by atoms with Crippen LogP contribution in [0.5, 0.6) is 0 Å². The number of aryl methyl sites for hydroxylation is 2. The van der Waals surface area contributed by atoms with E-state index in [4.69, 9.17) is 4.98 Å². The Morgan fingerprint density at radius 2 is 2.13 bits per heavy atom. The molecule has 0 spiro atoms. The van der Waals surface area contributed by atoms with E-state index < -0.39 is 0 Å². The van der Waals surface area contributed by atoms with E-state index in [0.29, 0.717) is 12.5 Å². The molecule has 1 fully saturated rings. The van der Waals surface area contributed by atoms with Crippen LogP contribution in [0.2, 0.25) is 0 Å². The SMILES string of the molecule is CN1CCN(CC(=O)NC2=CC(Nc3ncc4c(n3)-c3ccsc3CC4)CC=C2)CC1. The number of hydrogen-bond acceptors (Lipinski definition) is 7. The Hall–Kier alpha value is -2.55. The number of allylic oxidation sites excluding steroid dienone is 1. The van der Waals surface area contributed by atoms with Crippen LogP contribution in [0.15, 0.2) is 41.6 Å². The van der Waals surface area contributed by atoms with E-state index in [1.807, 2.05) is 12.3 Å². The molecule has 1 aliphatic heterocycles. The zero-order valence-corrected chi connectivity index (χ0v) is 18.6. The maximum Gasteiger partial charge on any atom is 0.238 e. The van der Waals surface area contributed by atoms with Gasteiger partial charge < -0.3 is 15.5 Å². The Kier molecular flexibility index (Phi) is 5.85. The molecule has 0 radical (unpaired) electrons. The first kappa shape index (κ1) is 20.4. The summed E-state index contributed by atoms with van der Waals surface area (Å²) in [5.74, 6) is 0.675. The van der Waals surface area contributed by atoms with Crippen molar-refractivity contribution in [1.29, 1.82) is 0 Å². The van der Waals surface area contributed by atoms with Gasteiger partial charge in [0.15, 0.2) is 0 Å². The molecule has 162 valence electrons. The number of likely N-dealkylation sites (N-methyl/N-ethyl adjacent to an activating group) is 1. The van der Waals surface area contributed by atoms with Crippen LogP contribution in [0, 0.1) is 0 Å². The van der Waals surface area contributed by atoms with E-state index >= 15 is 0 Å². The summed E-state index contributed by atoms with van der Waals surface area (Å²) in [6.07, 6.45) is 11.0. The molecule has 0 aromatic carbocycles. The first-order chi connectivity index (χ1) is 15.1. The maximum atomic E-state index is 12.5. The van der Waals surface area contributed by atoms with Crippen molar-refractivity contribution in [3.8, 4) is 11.3 Å².